The number of hydrogen-bond donors (Lipinski definition) is 1. The van der Waals surface area contributed by atoms with Crippen LogP contribution in [-0.2, 0) is 14.3 Å². The number of nitrogens with one attached hydrogen (secondary N) is 1. The van der Waals surface area contributed by atoms with Gasteiger partial charge in [-0.3, -0.25) is 0 Å². The van der Waals surface area contributed by atoms with Crippen LogP contribution in [0.2, 0.25) is 0 Å². The van der Waals surface area contributed by atoms with Gasteiger partial charge in [0.15, 0.2) is 5.84 Å². The summed E-state index contributed by atoms with van der Waals surface area (Å²) in [5, 5.41) is 0. The van der Waals surface area contributed by atoms with Crippen LogP contribution < -0.4 is 10.2 Å². The minimum atomic E-state index is -0.612. The van der Waals surface area contributed by atoms with Gasteiger partial charge >= 0.3 is 0 Å². The number of hydrogen-bond acceptors (Lipinski definition) is 8. The van der Waals surface area contributed by atoms with Crippen LogP contribution in [0.1, 0.15) is 11.4 Å². The van der Waals surface area contributed by atoms with Crippen molar-refractivity contribution in [2.45, 2.75) is 19.4 Å². The monoisotopic (exact) mass is 333 g/mol. The second kappa shape index (κ2) is 6.95. The fourth-order valence-electron chi connectivity index (χ4n) is 2.32. The molecule has 0 spiro atoms. The van der Waals surface area contributed by atoms with Gasteiger partial charge in [-0.05, 0) is 19.1 Å². The van der Waals surface area contributed by atoms with Gasteiger partial charge in [0.1, 0.15) is 11.4 Å². The molecule has 9 nitrogen and oxygen atoms in total. The number of rotatable bonds is 6. The molecule has 3 heterocycles. The SMILES string of the molecule is COc1nc(C2=NC(C(OC)OC)ON2)ccc1-n1cnc(C)c1. The van der Waals surface area contributed by atoms with Crippen molar-refractivity contribution in [1.29, 1.82) is 0 Å². The van der Waals surface area contributed by atoms with Gasteiger partial charge in [-0.2, -0.15) is 0 Å². The van der Waals surface area contributed by atoms with E-state index >= 15 is 0 Å². The first-order valence-electron chi connectivity index (χ1n) is 7.27. The molecule has 24 heavy (non-hydrogen) atoms. The molecule has 0 aromatic carbocycles. The highest BCUT2D eigenvalue weighted by Crippen LogP contribution is 2.22. The van der Waals surface area contributed by atoms with Gasteiger partial charge in [-0.15, -0.1) is 0 Å². The normalized spacial score (nSPS) is 17.0. The Bertz CT molecular complexity index is 741. The molecule has 1 N–H and O–H groups in total. The molecule has 1 aliphatic heterocycles. The Balaban J connectivity index is 1.89. The molecule has 0 amide bonds. The fourth-order valence-corrected chi connectivity index (χ4v) is 2.32. The Morgan fingerprint density at radius 2 is 2.04 bits per heavy atom. The number of amidine groups is 1. The second-order valence-electron chi connectivity index (χ2n) is 5.08. The van der Waals surface area contributed by atoms with E-state index in [9.17, 15) is 0 Å². The summed E-state index contributed by atoms with van der Waals surface area (Å²) in [7, 11) is 4.61. The van der Waals surface area contributed by atoms with Crippen LogP contribution in [0, 0.1) is 6.92 Å². The van der Waals surface area contributed by atoms with Crippen LogP contribution in [0.4, 0.5) is 0 Å². The van der Waals surface area contributed by atoms with Gasteiger partial charge in [-0.1, -0.05) is 0 Å². The molecule has 2 aromatic rings. The Hall–Kier alpha value is -2.49. The van der Waals surface area contributed by atoms with E-state index < -0.39 is 12.5 Å². The summed E-state index contributed by atoms with van der Waals surface area (Å²) in [4.78, 5) is 18.4. The van der Waals surface area contributed by atoms with Crippen LogP contribution in [0.25, 0.3) is 5.69 Å². The number of methoxy groups -OCH3 is 3. The molecule has 9 heteroatoms. The van der Waals surface area contributed by atoms with Crippen molar-refractivity contribution in [3.05, 3.63) is 36.0 Å². The smallest absolute Gasteiger partial charge is 0.238 e. The average Bonchev–Trinajstić information content (AvgIpc) is 3.25. The maximum absolute atomic E-state index is 5.39. The summed E-state index contributed by atoms with van der Waals surface area (Å²) in [5.74, 6) is 0.929. The predicted molar refractivity (Wildman–Crippen MR) is 85.0 cm³/mol. The van der Waals surface area contributed by atoms with Crippen LogP contribution in [0.5, 0.6) is 5.88 Å². The zero-order chi connectivity index (χ0) is 17.1. The highest BCUT2D eigenvalue weighted by Gasteiger charge is 2.28. The minimum absolute atomic E-state index is 0.452. The van der Waals surface area contributed by atoms with Crippen molar-refractivity contribution in [1.82, 2.24) is 20.0 Å². The Labute approximate surface area is 139 Å². The molecule has 128 valence electrons. The fraction of sp³-hybridized carbons (Fsp3) is 0.400. The quantitative estimate of drug-likeness (QED) is 0.782. The van der Waals surface area contributed by atoms with E-state index in [0.717, 1.165) is 11.4 Å². The Morgan fingerprint density at radius 1 is 1.25 bits per heavy atom. The average molecular weight is 333 g/mol. The molecule has 0 saturated carbocycles. The van der Waals surface area contributed by atoms with E-state index in [2.05, 4.69) is 20.4 Å². The van der Waals surface area contributed by atoms with E-state index in [-0.39, 0.29) is 0 Å². The summed E-state index contributed by atoms with van der Waals surface area (Å²) < 4.78 is 17.5. The lowest BCUT2D eigenvalue weighted by Crippen LogP contribution is -2.30. The molecular formula is C15H19N5O4. The molecule has 1 unspecified atom stereocenters. The van der Waals surface area contributed by atoms with Crippen molar-refractivity contribution in [2.24, 2.45) is 4.99 Å². The maximum atomic E-state index is 5.39. The summed E-state index contributed by atoms with van der Waals surface area (Å²) in [6, 6.07) is 3.70. The van der Waals surface area contributed by atoms with E-state index in [1.165, 1.54) is 14.2 Å². The molecule has 0 fully saturated rings. The van der Waals surface area contributed by atoms with Crippen molar-refractivity contribution in [2.75, 3.05) is 21.3 Å². The zero-order valence-corrected chi connectivity index (χ0v) is 13.9. The number of imidazole rings is 1. The largest absolute Gasteiger partial charge is 0.479 e. The lowest BCUT2D eigenvalue weighted by molar-refractivity contribution is -0.181. The van der Waals surface area contributed by atoms with E-state index in [1.54, 1.807) is 13.4 Å². The summed E-state index contributed by atoms with van der Waals surface area (Å²) in [5.41, 5.74) is 5.01. The molecule has 0 aliphatic carbocycles. The summed E-state index contributed by atoms with van der Waals surface area (Å²) in [6.45, 7) is 1.92. The third kappa shape index (κ3) is 3.09. The first-order valence-corrected chi connectivity index (χ1v) is 7.27. The predicted octanol–water partition coefficient (Wildman–Crippen LogP) is 0.811. The number of aryl methyl sites for hydroxylation is 1. The topological polar surface area (TPSA) is 92.0 Å². The zero-order valence-electron chi connectivity index (χ0n) is 13.9. The van der Waals surface area contributed by atoms with E-state index in [4.69, 9.17) is 19.0 Å². The molecule has 1 atom stereocenters. The van der Waals surface area contributed by atoms with E-state index in [1.807, 2.05) is 29.8 Å². The van der Waals surface area contributed by atoms with E-state index in [0.29, 0.717) is 17.4 Å². The van der Waals surface area contributed by atoms with Crippen LogP contribution in [-0.4, -0.2) is 54.2 Å². The highest BCUT2D eigenvalue weighted by atomic mass is 16.7. The summed E-state index contributed by atoms with van der Waals surface area (Å²) >= 11 is 0. The van der Waals surface area contributed by atoms with Gasteiger partial charge in [0.2, 0.25) is 18.4 Å². The number of ether oxygens (including phenoxy) is 3. The Morgan fingerprint density at radius 3 is 2.67 bits per heavy atom. The third-order valence-electron chi connectivity index (χ3n) is 3.50. The number of aliphatic imine (C=N–C) groups is 1. The van der Waals surface area contributed by atoms with Gasteiger partial charge in [0.05, 0.1) is 19.1 Å². The number of nitrogens with zero attached hydrogens (tertiary/aromatic N) is 4. The molecular weight excluding hydrogens is 314 g/mol. The van der Waals surface area contributed by atoms with Crippen LogP contribution >= 0.6 is 0 Å². The van der Waals surface area contributed by atoms with Crippen LogP contribution in [0.3, 0.4) is 0 Å². The highest BCUT2D eigenvalue weighted by molar-refractivity contribution is 5.97. The van der Waals surface area contributed by atoms with Crippen molar-refractivity contribution < 1.29 is 19.0 Å². The molecule has 3 rings (SSSR count). The van der Waals surface area contributed by atoms with Crippen molar-refractivity contribution in [3.8, 4) is 11.6 Å². The lowest BCUT2D eigenvalue weighted by atomic mass is 10.3. The minimum Gasteiger partial charge on any atom is -0.479 e. The van der Waals surface area contributed by atoms with Crippen molar-refractivity contribution >= 4 is 5.84 Å². The van der Waals surface area contributed by atoms with Crippen LogP contribution in [0.15, 0.2) is 29.6 Å². The maximum Gasteiger partial charge on any atom is 0.238 e. The molecule has 1 aliphatic rings. The first kappa shape index (κ1) is 16.4. The molecule has 0 saturated heterocycles. The Kier molecular flexibility index (Phi) is 4.74. The lowest BCUT2D eigenvalue weighted by Gasteiger charge is -2.15. The molecule has 0 bridgehead atoms. The molecule has 2 aromatic heterocycles. The number of hydroxylamine groups is 1. The first-order chi connectivity index (χ1) is 11.7. The second-order valence-corrected chi connectivity index (χ2v) is 5.08. The van der Waals surface area contributed by atoms with Gasteiger partial charge in [0.25, 0.3) is 0 Å². The summed E-state index contributed by atoms with van der Waals surface area (Å²) in [6.07, 6.45) is 2.38. The van der Waals surface area contributed by atoms with Crippen molar-refractivity contribution in [3.63, 3.8) is 0 Å². The third-order valence-corrected chi connectivity index (χ3v) is 3.50. The number of aromatic nitrogens is 3. The van der Waals surface area contributed by atoms with Gasteiger partial charge < -0.3 is 18.8 Å². The van der Waals surface area contributed by atoms with Gasteiger partial charge in [0, 0.05) is 20.4 Å². The van der Waals surface area contributed by atoms with Gasteiger partial charge in [-0.25, -0.2) is 25.3 Å². The molecule has 0 radical (unpaired) electrons. The number of pyridine rings is 1. The standard InChI is InChI=1S/C15H19N5O4/c1-9-7-20(8-16-9)11-6-5-10(17-13(11)21-2)12-18-14(24-19-12)15(22-3)23-4/h5-8,14-15H,1-4H3,(H,18,19).